The fraction of sp³-hybridized carbons (Fsp3) is 0.316. The molecular weight excluding hydrogens is 360 g/mol. The molecule has 1 amide bonds. The second kappa shape index (κ2) is 10.6. The minimum Gasteiger partial charge on any atom is -0.391 e. The number of carbonyl (C=O) groups excluding carboxylic acids is 1. The van der Waals surface area contributed by atoms with Gasteiger partial charge in [0.25, 0.3) is 5.56 Å². The van der Waals surface area contributed by atoms with Crippen molar-refractivity contribution < 1.29 is 9.63 Å². The summed E-state index contributed by atoms with van der Waals surface area (Å²) in [7, 11) is 0. The average Bonchev–Trinajstić information content (AvgIpc) is 2.67. The summed E-state index contributed by atoms with van der Waals surface area (Å²) in [5.74, 6) is -0.495. The predicted octanol–water partition coefficient (Wildman–Crippen LogP) is 0.133. The van der Waals surface area contributed by atoms with Crippen molar-refractivity contribution in [3.8, 4) is 0 Å². The van der Waals surface area contributed by atoms with E-state index < -0.39 is 0 Å². The number of hydrogen-bond donors (Lipinski definition) is 4. The van der Waals surface area contributed by atoms with E-state index >= 15 is 0 Å². The molecule has 6 N–H and O–H groups in total. The van der Waals surface area contributed by atoms with Gasteiger partial charge in [0.1, 0.15) is 18.8 Å². The number of carbonyl (C=O) groups is 1. The van der Waals surface area contributed by atoms with E-state index in [1.165, 1.54) is 10.1 Å². The van der Waals surface area contributed by atoms with Crippen LogP contribution in [0.15, 0.2) is 52.4 Å². The van der Waals surface area contributed by atoms with Crippen LogP contribution in [0.1, 0.15) is 11.3 Å². The van der Waals surface area contributed by atoms with Gasteiger partial charge in [-0.15, -0.1) is 0 Å². The summed E-state index contributed by atoms with van der Waals surface area (Å²) >= 11 is 0. The molecule has 28 heavy (non-hydrogen) atoms. The molecule has 0 aliphatic rings. The number of nitrogens with zero attached hydrogens (tertiary/aromatic N) is 2. The molecular formula is C19H26N6O3. The van der Waals surface area contributed by atoms with Crippen LogP contribution in [0.3, 0.4) is 0 Å². The third-order valence-electron chi connectivity index (χ3n) is 3.95. The molecule has 0 spiro atoms. The molecule has 9 heteroatoms. The van der Waals surface area contributed by atoms with E-state index in [-0.39, 0.29) is 37.1 Å². The van der Waals surface area contributed by atoms with Crippen LogP contribution in [0.5, 0.6) is 0 Å². The van der Waals surface area contributed by atoms with Gasteiger partial charge in [-0.05, 0) is 36.2 Å². The molecule has 0 bridgehead atoms. The van der Waals surface area contributed by atoms with Crippen molar-refractivity contribution in [1.82, 2.24) is 9.88 Å². The van der Waals surface area contributed by atoms with Crippen LogP contribution in [0.2, 0.25) is 0 Å². The zero-order valence-corrected chi connectivity index (χ0v) is 15.9. The van der Waals surface area contributed by atoms with Crippen LogP contribution >= 0.6 is 0 Å². The van der Waals surface area contributed by atoms with E-state index in [1.807, 2.05) is 30.3 Å². The number of guanidine groups is 1. The lowest BCUT2D eigenvalue weighted by molar-refractivity contribution is -0.122. The Balaban J connectivity index is 1.89. The Morgan fingerprint density at radius 3 is 2.61 bits per heavy atom. The molecule has 0 atom stereocenters. The molecule has 0 saturated carbocycles. The van der Waals surface area contributed by atoms with Gasteiger partial charge >= 0.3 is 0 Å². The number of pyridine rings is 1. The molecule has 0 radical (unpaired) electrons. The first-order valence-corrected chi connectivity index (χ1v) is 8.93. The van der Waals surface area contributed by atoms with Crippen molar-refractivity contribution >= 4 is 17.6 Å². The highest BCUT2D eigenvalue weighted by molar-refractivity contribution is 5.76. The SMILES string of the molecule is Cc1ccc(NCCc2ccccc2)c(=O)n1CC(=O)NCCON=C(N)N. The average molecular weight is 386 g/mol. The number of benzene rings is 1. The van der Waals surface area contributed by atoms with E-state index in [0.717, 1.165) is 6.42 Å². The van der Waals surface area contributed by atoms with Crippen molar-refractivity contribution in [2.24, 2.45) is 16.6 Å². The first kappa shape index (κ1) is 20.8. The Kier molecular flexibility index (Phi) is 7.89. The minimum absolute atomic E-state index is 0.0822. The van der Waals surface area contributed by atoms with Crippen LogP contribution < -0.4 is 27.7 Å². The van der Waals surface area contributed by atoms with E-state index in [0.29, 0.717) is 17.9 Å². The number of hydrogen-bond acceptors (Lipinski definition) is 5. The summed E-state index contributed by atoms with van der Waals surface area (Å²) in [5.41, 5.74) is 12.4. The monoisotopic (exact) mass is 386 g/mol. The standard InChI is InChI=1S/C19H26N6O3/c1-14-7-8-16(22-10-9-15-5-3-2-4-6-15)18(27)25(14)13-17(26)23-11-12-28-24-19(20)21/h2-8,22H,9-13H2,1H3,(H,23,26)(H4,20,21,24). The number of oxime groups is 1. The molecule has 2 rings (SSSR count). The number of aryl methyl sites for hydroxylation is 1. The van der Waals surface area contributed by atoms with Crippen molar-refractivity contribution in [2.45, 2.75) is 19.9 Å². The Bertz CT molecular complexity index is 860. The number of aromatic nitrogens is 1. The summed E-state index contributed by atoms with van der Waals surface area (Å²) in [6.45, 7) is 2.67. The molecule has 1 aromatic carbocycles. The highest BCUT2D eigenvalue weighted by atomic mass is 16.6. The third-order valence-corrected chi connectivity index (χ3v) is 3.95. The molecule has 0 saturated heterocycles. The second-order valence-corrected chi connectivity index (χ2v) is 6.14. The van der Waals surface area contributed by atoms with Crippen molar-refractivity contribution in [2.75, 3.05) is 25.0 Å². The van der Waals surface area contributed by atoms with Gasteiger partial charge in [0, 0.05) is 12.2 Å². The van der Waals surface area contributed by atoms with Gasteiger partial charge in [-0.1, -0.05) is 30.3 Å². The molecule has 1 aromatic heterocycles. The lowest BCUT2D eigenvalue weighted by atomic mass is 10.1. The van der Waals surface area contributed by atoms with Crippen molar-refractivity contribution in [3.05, 3.63) is 64.1 Å². The quantitative estimate of drug-likeness (QED) is 0.198. The largest absolute Gasteiger partial charge is 0.391 e. The zero-order chi connectivity index (χ0) is 20.4. The number of rotatable bonds is 10. The Labute approximate surface area is 163 Å². The first-order chi connectivity index (χ1) is 13.5. The minimum atomic E-state index is -0.306. The van der Waals surface area contributed by atoms with E-state index in [4.69, 9.17) is 16.3 Å². The van der Waals surface area contributed by atoms with E-state index in [2.05, 4.69) is 15.8 Å². The Hall–Kier alpha value is -3.49. The summed E-state index contributed by atoms with van der Waals surface area (Å²) in [4.78, 5) is 29.5. The van der Waals surface area contributed by atoms with E-state index in [9.17, 15) is 9.59 Å². The lowest BCUT2D eigenvalue weighted by Crippen LogP contribution is -2.35. The Morgan fingerprint density at radius 2 is 1.89 bits per heavy atom. The topological polar surface area (TPSA) is 137 Å². The summed E-state index contributed by atoms with van der Waals surface area (Å²) in [5, 5.41) is 9.15. The molecule has 150 valence electrons. The highest BCUT2D eigenvalue weighted by Gasteiger charge is 2.10. The van der Waals surface area contributed by atoms with E-state index in [1.54, 1.807) is 19.1 Å². The van der Waals surface area contributed by atoms with Crippen LogP contribution in [-0.4, -0.2) is 36.1 Å². The van der Waals surface area contributed by atoms with Gasteiger partial charge in [-0.25, -0.2) is 0 Å². The number of amides is 1. The smallest absolute Gasteiger partial charge is 0.274 e. The molecule has 0 unspecified atom stereocenters. The van der Waals surface area contributed by atoms with Gasteiger partial charge < -0.3 is 31.5 Å². The summed E-state index contributed by atoms with van der Waals surface area (Å²) in [6, 6.07) is 13.5. The summed E-state index contributed by atoms with van der Waals surface area (Å²) in [6.07, 6.45) is 0.796. The zero-order valence-electron chi connectivity index (χ0n) is 15.9. The van der Waals surface area contributed by atoms with Crippen LogP contribution in [-0.2, 0) is 22.6 Å². The highest BCUT2D eigenvalue weighted by Crippen LogP contribution is 2.05. The first-order valence-electron chi connectivity index (χ1n) is 8.93. The van der Waals surface area contributed by atoms with Crippen molar-refractivity contribution in [3.63, 3.8) is 0 Å². The maximum Gasteiger partial charge on any atom is 0.274 e. The Morgan fingerprint density at radius 1 is 1.14 bits per heavy atom. The number of anilines is 1. The van der Waals surface area contributed by atoms with Gasteiger partial charge in [0.05, 0.1) is 6.54 Å². The molecule has 9 nitrogen and oxygen atoms in total. The summed E-state index contributed by atoms with van der Waals surface area (Å²) < 4.78 is 1.43. The van der Waals surface area contributed by atoms with Gasteiger partial charge in [-0.2, -0.15) is 0 Å². The maximum absolute atomic E-state index is 12.7. The lowest BCUT2D eigenvalue weighted by Gasteiger charge is -2.13. The fourth-order valence-corrected chi connectivity index (χ4v) is 2.54. The third kappa shape index (κ3) is 6.67. The van der Waals surface area contributed by atoms with Crippen LogP contribution in [0.25, 0.3) is 0 Å². The number of nitrogens with two attached hydrogens (primary N) is 2. The maximum atomic E-state index is 12.7. The van der Waals surface area contributed by atoms with Crippen molar-refractivity contribution in [1.29, 1.82) is 0 Å². The number of nitrogens with one attached hydrogen (secondary N) is 2. The molecule has 0 fully saturated rings. The van der Waals surface area contributed by atoms with Gasteiger partial charge in [-0.3, -0.25) is 9.59 Å². The normalized spacial score (nSPS) is 10.2. The molecule has 0 aliphatic heterocycles. The predicted molar refractivity (Wildman–Crippen MR) is 109 cm³/mol. The molecule has 0 aliphatic carbocycles. The molecule has 1 heterocycles. The molecule has 2 aromatic rings. The van der Waals surface area contributed by atoms with Gasteiger partial charge in [0.2, 0.25) is 11.9 Å². The second-order valence-electron chi connectivity index (χ2n) is 6.14. The van der Waals surface area contributed by atoms with Gasteiger partial charge in [0.15, 0.2) is 0 Å². The van der Waals surface area contributed by atoms with Crippen LogP contribution in [0.4, 0.5) is 5.69 Å². The van der Waals surface area contributed by atoms with Crippen LogP contribution in [0, 0.1) is 6.92 Å². The fourth-order valence-electron chi connectivity index (χ4n) is 2.54.